The van der Waals surface area contributed by atoms with Crippen molar-refractivity contribution in [2.45, 2.75) is 0 Å². The lowest BCUT2D eigenvalue weighted by molar-refractivity contribution is 0.224. The molecular formula is C4H7N3OS. The van der Waals surface area contributed by atoms with Crippen molar-refractivity contribution in [2.24, 2.45) is 0 Å². The fraction of sp³-hybridized carbons (Fsp3) is 0.500. The fourth-order valence-electron chi connectivity index (χ4n) is 0.158. The molecule has 0 saturated heterocycles. The Morgan fingerprint density at radius 3 is 2.67 bits per heavy atom. The minimum Gasteiger partial charge on any atom is -0.330 e. The van der Waals surface area contributed by atoms with Gasteiger partial charge in [0.1, 0.15) is 0 Å². The van der Waals surface area contributed by atoms with E-state index in [4.69, 9.17) is 5.26 Å². The summed E-state index contributed by atoms with van der Waals surface area (Å²) in [4.78, 5) is 11.9. The third-order valence-electron chi connectivity index (χ3n) is 0.590. The van der Waals surface area contributed by atoms with E-state index in [1.165, 1.54) is 4.90 Å². The summed E-state index contributed by atoms with van der Waals surface area (Å²) in [5, 5.41) is 9.69. The molecule has 0 fully saturated rings. The molecule has 1 N–H and O–H groups in total. The van der Waals surface area contributed by atoms with Gasteiger partial charge in [-0.2, -0.15) is 5.26 Å². The molecule has 0 spiro atoms. The van der Waals surface area contributed by atoms with Gasteiger partial charge in [0.2, 0.25) is 0 Å². The summed E-state index contributed by atoms with van der Waals surface area (Å²) in [5.41, 5.74) is 0. The quantitative estimate of drug-likeness (QED) is 0.429. The van der Waals surface area contributed by atoms with E-state index in [2.05, 4.69) is 4.72 Å². The summed E-state index contributed by atoms with van der Waals surface area (Å²) in [5.74, 6) is 0. The topological polar surface area (TPSA) is 56.1 Å². The van der Waals surface area contributed by atoms with Crippen molar-refractivity contribution in [3.8, 4) is 5.40 Å². The molecule has 0 aromatic heterocycles. The predicted octanol–water partition coefficient (Wildman–Crippen LogP) is 0.387. The molecule has 50 valence electrons. The zero-order valence-corrected chi connectivity index (χ0v) is 6.03. The Labute approximate surface area is 58.0 Å². The number of thiocyanates is 1. The lowest BCUT2D eigenvalue weighted by Crippen LogP contribution is -2.29. The molecule has 0 aliphatic heterocycles. The third kappa shape index (κ3) is 3.67. The Balaban J connectivity index is 3.42. The van der Waals surface area contributed by atoms with Gasteiger partial charge in [-0.3, -0.25) is 4.72 Å². The summed E-state index contributed by atoms with van der Waals surface area (Å²) < 4.78 is 2.27. The van der Waals surface area contributed by atoms with Crippen molar-refractivity contribution < 1.29 is 4.79 Å². The van der Waals surface area contributed by atoms with Crippen LogP contribution in [0.2, 0.25) is 0 Å². The lowest BCUT2D eigenvalue weighted by Gasteiger charge is -2.07. The normalized spacial score (nSPS) is 7.67. The van der Waals surface area contributed by atoms with Gasteiger partial charge < -0.3 is 4.90 Å². The van der Waals surface area contributed by atoms with E-state index in [0.29, 0.717) is 11.9 Å². The van der Waals surface area contributed by atoms with Crippen molar-refractivity contribution in [3.05, 3.63) is 0 Å². The second-order valence-corrected chi connectivity index (χ2v) is 2.09. The van der Waals surface area contributed by atoms with Crippen LogP contribution in [0.25, 0.3) is 0 Å². The lowest BCUT2D eigenvalue weighted by atomic mass is 10.9. The van der Waals surface area contributed by atoms with Crippen LogP contribution in [0, 0.1) is 10.7 Å². The van der Waals surface area contributed by atoms with E-state index < -0.39 is 0 Å². The van der Waals surface area contributed by atoms with Gasteiger partial charge in [0.15, 0.2) is 5.40 Å². The number of nitriles is 1. The van der Waals surface area contributed by atoms with Gasteiger partial charge in [-0.25, -0.2) is 4.79 Å². The van der Waals surface area contributed by atoms with E-state index in [1.54, 1.807) is 19.5 Å². The van der Waals surface area contributed by atoms with Gasteiger partial charge in [-0.15, -0.1) is 0 Å². The first-order chi connectivity index (χ1) is 4.18. The number of carbonyl (C=O) groups is 1. The number of nitrogens with one attached hydrogen (secondary N) is 1. The van der Waals surface area contributed by atoms with Gasteiger partial charge in [0, 0.05) is 14.1 Å². The minimum absolute atomic E-state index is 0.276. The molecule has 0 unspecified atom stereocenters. The average Bonchev–Trinajstić information content (AvgIpc) is 1.82. The summed E-state index contributed by atoms with van der Waals surface area (Å²) >= 11 is 0.709. The molecule has 0 bridgehead atoms. The summed E-state index contributed by atoms with van der Waals surface area (Å²) in [6.45, 7) is 0. The Morgan fingerprint density at radius 2 is 2.33 bits per heavy atom. The first kappa shape index (κ1) is 8.11. The Bertz CT molecular complexity index is 139. The molecule has 4 nitrogen and oxygen atoms in total. The van der Waals surface area contributed by atoms with E-state index in [0.717, 1.165) is 0 Å². The first-order valence-electron chi connectivity index (χ1n) is 2.20. The summed E-state index contributed by atoms with van der Waals surface area (Å²) in [6.07, 6.45) is 0. The second-order valence-electron chi connectivity index (χ2n) is 1.49. The van der Waals surface area contributed by atoms with E-state index in [9.17, 15) is 4.79 Å². The number of urea groups is 1. The fourth-order valence-corrected chi connectivity index (χ4v) is 0.473. The monoisotopic (exact) mass is 145 g/mol. The SMILES string of the molecule is CN(C)C(=O)NSC#N. The highest BCUT2D eigenvalue weighted by Gasteiger charge is 1.99. The van der Waals surface area contributed by atoms with Gasteiger partial charge >= 0.3 is 6.03 Å². The maximum Gasteiger partial charge on any atom is 0.327 e. The summed E-state index contributed by atoms with van der Waals surface area (Å²) in [7, 11) is 3.21. The van der Waals surface area contributed by atoms with Crippen LogP contribution in [0.5, 0.6) is 0 Å². The Kier molecular flexibility index (Phi) is 3.64. The van der Waals surface area contributed by atoms with E-state index >= 15 is 0 Å². The minimum atomic E-state index is -0.276. The maximum absolute atomic E-state index is 10.5. The van der Waals surface area contributed by atoms with Gasteiger partial charge in [-0.05, 0) is 0 Å². The van der Waals surface area contributed by atoms with Crippen molar-refractivity contribution in [1.82, 2.24) is 9.62 Å². The molecule has 0 aromatic rings. The number of amides is 2. The van der Waals surface area contributed by atoms with Gasteiger partial charge in [0.25, 0.3) is 0 Å². The second kappa shape index (κ2) is 4.04. The Hall–Kier alpha value is -0.890. The van der Waals surface area contributed by atoms with E-state index in [1.807, 2.05) is 0 Å². The highest BCUT2D eigenvalue weighted by molar-refractivity contribution is 8.02. The molecule has 0 aromatic carbocycles. The van der Waals surface area contributed by atoms with Crippen molar-refractivity contribution in [2.75, 3.05) is 14.1 Å². The van der Waals surface area contributed by atoms with Crippen LogP contribution in [-0.2, 0) is 0 Å². The third-order valence-corrected chi connectivity index (χ3v) is 0.958. The molecule has 0 radical (unpaired) electrons. The van der Waals surface area contributed by atoms with Crippen LogP contribution in [0.1, 0.15) is 0 Å². The van der Waals surface area contributed by atoms with Crippen LogP contribution in [0.4, 0.5) is 4.79 Å². The van der Waals surface area contributed by atoms with E-state index in [-0.39, 0.29) is 6.03 Å². The zero-order valence-electron chi connectivity index (χ0n) is 5.21. The maximum atomic E-state index is 10.5. The molecule has 2 amide bonds. The first-order valence-corrected chi connectivity index (χ1v) is 3.02. The number of rotatable bonds is 1. The van der Waals surface area contributed by atoms with Crippen molar-refractivity contribution >= 4 is 18.0 Å². The van der Waals surface area contributed by atoms with Crippen LogP contribution in [0.3, 0.4) is 0 Å². The molecule has 0 rings (SSSR count). The molecule has 0 heterocycles. The molecule has 9 heavy (non-hydrogen) atoms. The Morgan fingerprint density at radius 1 is 1.78 bits per heavy atom. The average molecular weight is 145 g/mol. The van der Waals surface area contributed by atoms with Crippen LogP contribution >= 0.6 is 11.9 Å². The molecule has 0 aliphatic rings. The number of carbonyl (C=O) groups excluding carboxylic acids is 1. The molecule has 0 atom stereocenters. The van der Waals surface area contributed by atoms with Crippen LogP contribution < -0.4 is 4.72 Å². The molecular weight excluding hydrogens is 138 g/mol. The smallest absolute Gasteiger partial charge is 0.327 e. The number of hydrogen-bond donors (Lipinski definition) is 1. The number of hydrogen-bond acceptors (Lipinski definition) is 3. The molecule has 0 saturated carbocycles. The van der Waals surface area contributed by atoms with Gasteiger partial charge in [0.05, 0.1) is 11.9 Å². The number of nitrogens with zero attached hydrogens (tertiary/aromatic N) is 2. The van der Waals surface area contributed by atoms with Crippen LogP contribution in [0.15, 0.2) is 0 Å². The standard InChI is InChI=1S/C4H7N3OS/c1-7(2)4(8)6-9-3-5/h1-2H3,(H,6,8). The molecule has 0 aliphatic carbocycles. The highest BCUT2D eigenvalue weighted by Crippen LogP contribution is 1.88. The highest BCUT2D eigenvalue weighted by atomic mass is 32.2. The molecule has 5 heteroatoms. The zero-order chi connectivity index (χ0) is 7.28. The van der Waals surface area contributed by atoms with Crippen molar-refractivity contribution in [3.63, 3.8) is 0 Å². The largest absolute Gasteiger partial charge is 0.330 e. The predicted molar refractivity (Wildman–Crippen MR) is 35.4 cm³/mol. The summed E-state index contributed by atoms with van der Waals surface area (Å²) in [6, 6.07) is -0.276. The van der Waals surface area contributed by atoms with Crippen LogP contribution in [-0.4, -0.2) is 25.0 Å². The van der Waals surface area contributed by atoms with Gasteiger partial charge in [-0.1, -0.05) is 0 Å². The van der Waals surface area contributed by atoms with Crippen molar-refractivity contribution in [1.29, 1.82) is 5.26 Å².